The van der Waals surface area contributed by atoms with E-state index in [1.807, 2.05) is 25.1 Å². The van der Waals surface area contributed by atoms with Gasteiger partial charge in [0.15, 0.2) is 5.82 Å². The van der Waals surface area contributed by atoms with Gasteiger partial charge in [-0.1, -0.05) is 36.4 Å². The zero-order chi connectivity index (χ0) is 20.0. The zero-order valence-corrected chi connectivity index (χ0v) is 17.4. The van der Waals surface area contributed by atoms with Gasteiger partial charge in [0.2, 0.25) is 0 Å². The molecule has 0 amide bonds. The van der Waals surface area contributed by atoms with E-state index in [1.165, 1.54) is 22.3 Å². The number of aromatic nitrogens is 4. The second-order valence-electron chi connectivity index (χ2n) is 7.24. The molecule has 4 nitrogen and oxygen atoms in total. The van der Waals surface area contributed by atoms with Crippen LogP contribution in [0, 0.1) is 20.8 Å². The topological polar surface area (TPSA) is 43.6 Å². The van der Waals surface area contributed by atoms with Crippen molar-refractivity contribution in [2.24, 2.45) is 0 Å². The number of thiazole rings is 1. The van der Waals surface area contributed by atoms with Crippen LogP contribution >= 0.6 is 11.3 Å². The Hall–Kier alpha value is -3.31. The molecule has 0 spiro atoms. The molecule has 0 N–H and O–H groups in total. The van der Waals surface area contributed by atoms with Crippen molar-refractivity contribution in [1.82, 2.24) is 19.7 Å². The molecule has 0 aliphatic carbocycles. The monoisotopic (exact) mass is 396 g/mol. The molecule has 142 valence electrons. The van der Waals surface area contributed by atoms with Crippen LogP contribution in [0.5, 0.6) is 0 Å². The van der Waals surface area contributed by atoms with Gasteiger partial charge in [-0.05, 0) is 67.3 Å². The first-order valence-electron chi connectivity index (χ1n) is 9.55. The van der Waals surface area contributed by atoms with Gasteiger partial charge in [-0.3, -0.25) is 4.57 Å². The Labute approximate surface area is 173 Å². The summed E-state index contributed by atoms with van der Waals surface area (Å²) in [7, 11) is 0. The summed E-state index contributed by atoms with van der Waals surface area (Å²) in [4.78, 5) is 4.63. The first-order chi connectivity index (χ1) is 14.1. The van der Waals surface area contributed by atoms with Gasteiger partial charge in [-0.25, -0.2) is 4.98 Å². The molecule has 5 heteroatoms. The van der Waals surface area contributed by atoms with Crippen molar-refractivity contribution in [3.05, 3.63) is 83.1 Å². The molecule has 2 heterocycles. The van der Waals surface area contributed by atoms with Crippen LogP contribution in [0.1, 0.15) is 16.1 Å². The standard InChI is InChI=1S/C24H20N4S/c1-15-12-19(18-8-5-4-6-9-18)13-16(2)22(15)28-14-25-27-24(28)20-10-7-11-21-23(20)29-17(3)26-21/h4-14H,1-3H3. The molecule has 0 bridgehead atoms. The quantitative estimate of drug-likeness (QED) is 0.368. The van der Waals surface area contributed by atoms with Crippen LogP contribution in [-0.2, 0) is 0 Å². The Morgan fingerprint density at radius 3 is 2.34 bits per heavy atom. The predicted molar refractivity (Wildman–Crippen MR) is 120 cm³/mol. The summed E-state index contributed by atoms with van der Waals surface area (Å²) < 4.78 is 3.25. The molecule has 0 saturated carbocycles. The summed E-state index contributed by atoms with van der Waals surface area (Å²) in [5.41, 5.74) is 8.03. The SMILES string of the molecule is Cc1nc2cccc(-c3nncn3-c3c(C)cc(-c4ccccc4)cc3C)c2s1. The first-order valence-corrected chi connectivity index (χ1v) is 10.4. The molecule has 29 heavy (non-hydrogen) atoms. The van der Waals surface area contributed by atoms with E-state index in [1.54, 1.807) is 17.7 Å². The van der Waals surface area contributed by atoms with E-state index in [9.17, 15) is 0 Å². The molecule has 0 aliphatic rings. The lowest BCUT2D eigenvalue weighted by molar-refractivity contribution is 1.03. The van der Waals surface area contributed by atoms with E-state index in [0.717, 1.165) is 32.3 Å². The number of hydrogen-bond acceptors (Lipinski definition) is 4. The highest BCUT2D eigenvalue weighted by molar-refractivity contribution is 7.19. The molecule has 0 radical (unpaired) electrons. The van der Waals surface area contributed by atoms with Crippen LogP contribution in [-0.4, -0.2) is 19.7 Å². The number of fused-ring (bicyclic) bond motifs is 1. The third kappa shape index (κ3) is 3.04. The van der Waals surface area contributed by atoms with Crippen LogP contribution < -0.4 is 0 Å². The van der Waals surface area contributed by atoms with Crippen molar-refractivity contribution in [2.45, 2.75) is 20.8 Å². The highest BCUT2D eigenvalue weighted by Gasteiger charge is 2.17. The molecule has 0 aliphatic heterocycles. The maximum absolute atomic E-state index is 4.63. The third-order valence-electron chi connectivity index (χ3n) is 5.15. The molecule has 3 aromatic carbocycles. The fourth-order valence-electron chi connectivity index (χ4n) is 3.95. The van der Waals surface area contributed by atoms with Gasteiger partial charge in [-0.2, -0.15) is 0 Å². The van der Waals surface area contributed by atoms with Gasteiger partial charge < -0.3 is 0 Å². The van der Waals surface area contributed by atoms with Gasteiger partial charge in [-0.15, -0.1) is 21.5 Å². The maximum atomic E-state index is 4.63. The number of nitrogens with zero attached hydrogens (tertiary/aromatic N) is 4. The number of rotatable bonds is 3. The molecular weight excluding hydrogens is 376 g/mol. The molecule has 2 aromatic heterocycles. The van der Waals surface area contributed by atoms with Crippen LogP contribution in [0.4, 0.5) is 0 Å². The highest BCUT2D eigenvalue weighted by atomic mass is 32.1. The van der Waals surface area contributed by atoms with Crippen molar-refractivity contribution >= 4 is 21.6 Å². The number of hydrogen-bond donors (Lipinski definition) is 0. The fraction of sp³-hybridized carbons (Fsp3) is 0.125. The fourth-order valence-corrected chi connectivity index (χ4v) is 4.88. The lowest BCUT2D eigenvalue weighted by Gasteiger charge is -2.15. The van der Waals surface area contributed by atoms with E-state index in [4.69, 9.17) is 0 Å². The second kappa shape index (κ2) is 6.94. The summed E-state index contributed by atoms with van der Waals surface area (Å²) in [6.45, 7) is 6.34. The minimum Gasteiger partial charge on any atom is -0.281 e. The number of benzene rings is 3. The van der Waals surface area contributed by atoms with E-state index >= 15 is 0 Å². The largest absolute Gasteiger partial charge is 0.281 e. The maximum Gasteiger partial charge on any atom is 0.169 e. The second-order valence-corrected chi connectivity index (χ2v) is 8.44. The average molecular weight is 397 g/mol. The normalized spacial score (nSPS) is 11.3. The van der Waals surface area contributed by atoms with Crippen molar-refractivity contribution in [2.75, 3.05) is 0 Å². The van der Waals surface area contributed by atoms with E-state index < -0.39 is 0 Å². The molecule has 0 atom stereocenters. The van der Waals surface area contributed by atoms with Crippen LogP contribution in [0.15, 0.2) is 67.0 Å². The minimum atomic E-state index is 0.845. The zero-order valence-electron chi connectivity index (χ0n) is 16.5. The van der Waals surface area contributed by atoms with Crippen molar-refractivity contribution in [1.29, 1.82) is 0 Å². The summed E-state index contributed by atoms with van der Waals surface area (Å²) in [6, 6.07) is 21.1. The molecule has 0 unspecified atom stereocenters. The van der Waals surface area contributed by atoms with Gasteiger partial charge in [0, 0.05) is 5.56 Å². The minimum absolute atomic E-state index is 0.845. The van der Waals surface area contributed by atoms with E-state index in [2.05, 4.69) is 76.1 Å². The number of aryl methyl sites for hydroxylation is 3. The summed E-state index contributed by atoms with van der Waals surface area (Å²) in [5.74, 6) is 0.845. The molecular formula is C24H20N4S. The van der Waals surface area contributed by atoms with E-state index in [0.29, 0.717) is 0 Å². The lowest BCUT2D eigenvalue weighted by Crippen LogP contribution is -2.02. The van der Waals surface area contributed by atoms with Gasteiger partial charge in [0.25, 0.3) is 0 Å². The van der Waals surface area contributed by atoms with E-state index in [-0.39, 0.29) is 0 Å². The molecule has 5 aromatic rings. The van der Waals surface area contributed by atoms with Crippen LogP contribution in [0.2, 0.25) is 0 Å². The van der Waals surface area contributed by atoms with Gasteiger partial charge in [0.1, 0.15) is 6.33 Å². The Morgan fingerprint density at radius 2 is 1.59 bits per heavy atom. The van der Waals surface area contributed by atoms with Crippen LogP contribution in [0.3, 0.4) is 0 Å². The molecule has 0 fully saturated rings. The van der Waals surface area contributed by atoms with Crippen molar-refractivity contribution in [3.63, 3.8) is 0 Å². The van der Waals surface area contributed by atoms with Gasteiger partial charge >= 0.3 is 0 Å². The Bertz CT molecular complexity index is 1310. The Morgan fingerprint density at radius 1 is 0.828 bits per heavy atom. The third-order valence-corrected chi connectivity index (χ3v) is 6.17. The summed E-state index contributed by atoms with van der Waals surface area (Å²) in [6.07, 6.45) is 1.81. The Balaban J connectivity index is 1.68. The summed E-state index contributed by atoms with van der Waals surface area (Å²) in [5, 5.41) is 9.78. The van der Waals surface area contributed by atoms with Crippen molar-refractivity contribution < 1.29 is 0 Å². The molecule has 5 rings (SSSR count). The van der Waals surface area contributed by atoms with Crippen LogP contribution in [0.25, 0.3) is 38.4 Å². The first kappa shape index (κ1) is 17.8. The lowest BCUT2D eigenvalue weighted by atomic mass is 9.98. The summed E-state index contributed by atoms with van der Waals surface area (Å²) >= 11 is 1.70. The molecule has 0 saturated heterocycles. The highest BCUT2D eigenvalue weighted by Crippen LogP contribution is 2.35. The predicted octanol–water partition coefficient (Wildman–Crippen LogP) is 6.14. The smallest absolute Gasteiger partial charge is 0.169 e. The average Bonchev–Trinajstić information content (AvgIpc) is 3.33. The Kier molecular flexibility index (Phi) is 4.25. The van der Waals surface area contributed by atoms with Crippen molar-refractivity contribution in [3.8, 4) is 28.2 Å². The van der Waals surface area contributed by atoms with Gasteiger partial charge in [0.05, 0.1) is 20.9 Å².